The Morgan fingerprint density at radius 2 is 2.00 bits per heavy atom. The molecule has 0 unspecified atom stereocenters. The highest BCUT2D eigenvalue weighted by atomic mass is 35.5. The zero-order valence-electron chi connectivity index (χ0n) is 9.26. The summed E-state index contributed by atoms with van der Waals surface area (Å²) in [7, 11) is 0. The molecule has 1 fully saturated rings. The van der Waals surface area contributed by atoms with Crippen molar-refractivity contribution < 1.29 is 0 Å². The molecule has 1 aromatic rings. The van der Waals surface area contributed by atoms with Gasteiger partial charge in [-0.1, -0.05) is 30.9 Å². The molecule has 1 spiro atoms. The van der Waals surface area contributed by atoms with Gasteiger partial charge >= 0.3 is 0 Å². The quantitative estimate of drug-likeness (QED) is 0.727. The third-order valence-corrected chi connectivity index (χ3v) is 5.43. The molecule has 2 aliphatic rings. The van der Waals surface area contributed by atoms with Gasteiger partial charge in [-0.15, -0.1) is 11.8 Å². The first kappa shape index (κ1) is 10.8. The van der Waals surface area contributed by atoms with Crippen molar-refractivity contribution in [2.24, 2.45) is 0 Å². The highest BCUT2D eigenvalue weighted by molar-refractivity contribution is 8.01. The number of thioether (sulfide) groups is 1. The Morgan fingerprint density at radius 3 is 2.81 bits per heavy atom. The molecule has 1 heterocycles. The van der Waals surface area contributed by atoms with Gasteiger partial charge in [0.15, 0.2) is 0 Å². The lowest BCUT2D eigenvalue weighted by Gasteiger charge is -2.41. The summed E-state index contributed by atoms with van der Waals surface area (Å²) in [5, 5.41) is 4.38. The maximum Gasteiger partial charge on any atom is 0.0494 e. The zero-order chi connectivity index (χ0) is 11.0. The number of anilines is 1. The highest BCUT2D eigenvalue weighted by Gasteiger charge is 2.36. The Hall–Kier alpha value is -0.340. The molecule has 16 heavy (non-hydrogen) atoms. The van der Waals surface area contributed by atoms with Crippen molar-refractivity contribution in [1.82, 2.24) is 0 Å². The number of hydrogen-bond acceptors (Lipinski definition) is 2. The molecule has 1 nitrogen and oxygen atoms in total. The summed E-state index contributed by atoms with van der Waals surface area (Å²) in [6.07, 6.45) is 6.89. The maximum absolute atomic E-state index is 6.00. The van der Waals surface area contributed by atoms with Crippen LogP contribution in [0.2, 0.25) is 5.02 Å². The number of halogens is 1. The lowest BCUT2D eigenvalue weighted by molar-refractivity contribution is 0.408. The molecule has 3 heteroatoms. The molecule has 1 aliphatic carbocycles. The molecule has 1 aliphatic heterocycles. The van der Waals surface area contributed by atoms with Gasteiger partial charge in [-0.2, -0.15) is 0 Å². The summed E-state index contributed by atoms with van der Waals surface area (Å²) in [4.78, 5) is 1.37. The minimum atomic E-state index is 0.457. The van der Waals surface area contributed by atoms with Crippen molar-refractivity contribution in [1.29, 1.82) is 0 Å². The third-order valence-electron chi connectivity index (χ3n) is 3.63. The number of hydrogen-bond donors (Lipinski definition) is 1. The Labute approximate surface area is 106 Å². The van der Waals surface area contributed by atoms with Gasteiger partial charge in [0.05, 0.1) is 0 Å². The van der Waals surface area contributed by atoms with Crippen LogP contribution in [0.3, 0.4) is 0 Å². The Morgan fingerprint density at radius 1 is 1.19 bits per heavy atom. The Bertz CT molecular complexity index is 399. The molecule has 0 saturated heterocycles. The van der Waals surface area contributed by atoms with Gasteiger partial charge in [-0.3, -0.25) is 0 Å². The van der Waals surface area contributed by atoms with Crippen LogP contribution in [0, 0.1) is 0 Å². The van der Waals surface area contributed by atoms with Crippen LogP contribution in [0.15, 0.2) is 23.1 Å². The first-order valence-electron chi connectivity index (χ1n) is 6.00. The summed E-state index contributed by atoms with van der Waals surface area (Å²) in [6, 6.07) is 6.20. The molecule has 1 aromatic carbocycles. The van der Waals surface area contributed by atoms with Gasteiger partial charge in [-0.05, 0) is 31.0 Å². The summed E-state index contributed by atoms with van der Waals surface area (Å²) in [6.45, 7) is 1.10. The molecule has 0 radical (unpaired) electrons. The Balaban J connectivity index is 1.88. The number of benzene rings is 1. The highest BCUT2D eigenvalue weighted by Crippen LogP contribution is 2.49. The lowest BCUT2D eigenvalue weighted by Crippen LogP contribution is -2.38. The fourth-order valence-electron chi connectivity index (χ4n) is 2.73. The van der Waals surface area contributed by atoms with E-state index in [1.807, 2.05) is 12.1 Å². The summed E-state index contributed by atoms with van der Waals surface area (Å²) < 4.78 is 0.457. The second kappa shape index (κ2) is 4.15. The van der Waals surface area contributed by atoms with Gasteiger partial charge in [0.25, 0.3) is 0 Å². The van der Waals surface area contributed by atoms with Crippen LogP contribution in [0.5, 0.6) is 0 Å². The van der Waals surface area contributed by atoms with E-state index in [1.54, 1.807) is 0 Å². The summed E-state index contributed by atoms with van der Waals surface area (Å²) in [5.74, 6) is 0. The van der Waals surface area contributed by atoms with Crippen LogP contribution < -0.4 is 5.32 Å². The first-order valence-corrected chi connectivity index (χ1v) is 7.19. The van der Waals surface area contributed by atoms with Crippen molar-refractivity contribution in [2.75, 3.05) is 11.9 Å². The second-order valence-corrected chi connectivity index (χ2v) is 6.79. The van der Waals surface area contributed by atoms with E-state index in [0.29, 0.717) is 4.75 Å². The lowest BCUT2D eigenvalue weighted by atomic mass is 9.88. The van der Waals surface area contributed by atoms with Crippen LogP contribution in [0.25, 0.3) is 0 Å². The van der Waals surface area contributed by atoms with E-state index in [2.05, 4.69) is 23.1 Å². The average molecular weight is 254 g/mol. The Kier molecular flexibility index (Phi) is 2.80. The monoisotopic (exact) mass is 253 g/mol. The summed E-state index contributed by atoms with van der Waals surface area (Å²) in [5.41, 5.74) is 1.22. The van der Waals surface area contributed by atoms with E-state index in [0.717, 1.165) is 11.6 Å². The van der Waals surface area contributed by atoms with Gasteiger partial charge in [-0.25, -0.2) is 0 Å². The molecule has 0 aromatic heterocycles. The van der Waals surface area contributed by atoms with E-state index < -0.39 is 0 Å². The largest absolute Gasteiger partial charge is 0.383 e. The van der Waals surface area contributed by atoms with Crippen LogP contribution in [-0.4, -0.2) is 11.3 Å². The van der Waals surface area contributed by atoms with Crippen LogP contribution >= 0.6 is 23.4 Å². The molecule has 0 atom stereocenters. The first-order chi connectivity index (χ1) is 7.77. The van der Waals surface area contributed by atoms with Gasteiger partial charge in [0.1, 0.15) is 0 Å². The smallest absolute Gasteiger partial charge is 0.0494 e. The number of rotatable bonds is 0. The maximum atomic E-state index is 6.00. The fourth-order valence-corrected chi connectivity index (χ4v) is 4.38. The molecule has 0 amide bonds. The molecule has 86 valence electrons. The molecule has 0 bridgehead atoms. The van der Waals surface area contributed by atoms with E-state index in [1.165, 1.54) is 42.7 Å². The predicted octanol–water partition coefficient (Wildman–Crippen LogP) is 4.56. The molecule has 1 N–H and O–H groups in total. The van der Waals surface area contributed by atoms with Crippen molar-refractivity contribution in [2.45, 2.75) is 41.7 Å². The minimum absolute atomic E-state index is 0.457. The van der Waals surface area contributed by atoms with Gasteiger partial charge in [0, 0.05) is 26.9 Å². The van der Waals surface area contributed by atoms with E-state index >= 15 is 0 Å². The van der Waals surface area contributed by atoms with Crippen molar-refractivity contribution >= 4 is 29.1 Å². The van der Waals surface area contributed by atoms with Crippen LogP contribution in [0.1, 0.15) is 32.1 Å². The predicted molar refractivity (Wildman–Crippen MR) is 71.6 cm³/mol. The third kappa shape index (κ3) is 1.93. The molecular formula is C13H16ClNS. The van der Waals surface area contributed by atoms with Gasteiger partial charge < -0.3 is 5.32 Å². The average Bonchev–Trinajstić information content (AvgIpc) is 2.31. The minimum Gasteiger partial charge on any atom is -0.383 e. The normalized spacial score (nSPS) is 22.6. The van der Waals surface area contributed by atoms with Crippen molar-refractivity contribution in [3.05, 3.63) is 23.2 Å². The molecular weight excluding hydrogens is 238 g/mol. The molecule has 1 saturated carbocycles. The van der Waals surface area contributed by atoms with Crippen LogP contribution in [0.4, 0.5) is 5.69 Å². The van der Waals surface area contributed by atoms with Crippen molar-refractivity contribution in [3.63, 3.8) is 0 Å². The van der Waals surface area contributed by atoms with E-state index in [-0.39, 0.29) is 0 Å². The van der Waals surface area contributed by atoms with Crippen molar-refractivity contribution in [3.8, 4) is 0 Å². The van der Waals surface area contributed by atoms with Crippen LogP contribution in [-0.2, 0) is 0 Å². The molecule has 3 rings (SSSR count). The SMILES string of the molecule is Clc1ccc2c(c1)NCC1(CCCCC1)S2. The number of fused-ring (bicyclic) bond motifs is 1. The second-order valence-electron chi connectivity index (χ2n) is 4.84. The number of nitrogens with one attached hydrogen (secondary N) is 1. The fraction of sp³-hybridized carbons (Fsp3) is 0.538. The van der Waals surface area contributed by atoms with Gasteiger partial charge in [0.2, 0.25) is 0 Å². The summed E-state index contributed by atoms with van der Waals surface area (Å²) >= 11 is 8.07. The van der Waals surface area contributed by atoms with E-state index in [4.69, 9.17) is 11.6 Å². The zero-order valence-corrected chi connectivity index (χ0v) is 10.8. The topological polar surface area (TPSA) is 12.0 Å². The van der Waals surface area contributed by atoms with E-state index in [9.17, 15) is 0 Å². The standard InChI is InChI=1S/C13H16ClNS/c14-10-4-5-12-11(8-10)15-9-13(16-12)6-2-1-3-7-13/h4-5,8,15H,1-3,6-7,9H2.